The number of hydrogen-bond acceptors (Lipinski definition) is 7. The van der Waals surface area contributed by atoms with E-state index in [9.17, 15) is 0 Å². The van der Waals surface area contributed by atoms with E-state index >= 15 is 0 Å². The van der Waals surface area contributed by atoms with Gasteiger partial charge >= 0.3 is 0 Å². The van der Waals surface area contributed by atoms with Crippen LogP contribution in [0.1, 0.15) is 6.92 Å². The van der Waals surface area contributed by atoms with Crippen molar-refractivity contribution in [2.45, 2.75) is 6.92 Å². The molecule has 0 bridgehead atoms. The zero-order valence-corrected chi connectivity index (χ0v) is 11.1. The zero-order chi connectivity index (χ0) is 12.5. The van der Waals surface area contributed by atoms with Crippen molar-refractivity contribution in [1.29, 1.82) is 0 Å². The average Bonchev–Trinajstić information content (AvgIpc) is 2.30. The fraction of sp³-hybridized carbons (Fsp3) is 1.00. The molecule has 12 N–H and O–H groups in total. The van der Waals surface area contributed by atoms with Crippen LogP contribution in [0.5, 0.6) is 0 Å². The molecule has 8 heteroatoms. The quantitative estimate of drug-likeness (QED) is 0.233. The molecule has 0 aromatic heterocycles. The summed E-state index contributed by atoms with van der Waals surface area (Å²) in [6.45, 7) is 6.69. The Balaban J connectivity index is -0.0000000700. The molecule has 0 spiro atoms. The third-order valence-corrected chi connectivity index (χ3v) is 1.16. The number of halogens is 1. The van der Waals surface area contributed by atoms with Crippen molar-refractivity contribution in [2.75, 3.05) is 45.8 Å². The molecule has 0 aliphatic heterocycles. The molecule has 0 saturated carbocycles. The van der Waals surface area contributed by atoms with Crippen molar-refractivity contribution in [3.05, 3.63) is 0 Å². The molecule has 0 aliphatic rings. The Morgan fingerprint density at radius 3 is 1.12 bits per heavy atom. The van der Waals surface area contributed by atoms with E-state index < -0.39 is 0 Å². The Labute approximate surface area is 105 Å². The lowest BCUT2D eigenvalue weighted by Gasteiger charge is -2.09. The lowest BCUT2D eigenvalue weighted by Crippen LogP contribution is -2.35. The Hall–Kier alpha value is 0.01000. The molecular weight excluding hydrogens is 230 g/mol. The van der Waals surface area contributed by atoms with Crippen molar-refractivity contribution in [3.8, 4) is 0 Å². The Morgan fingerprint density at radius 1 is 0.750 bits per heavy atom. The second-order valence-electron chi connectivity index (χ2n) is 2.57. The molecule has 7 nitrogen and oxygen atoms in total. The average molecular weight is 260 g/mol. The van der Waals surface area contributed by atoms with Gasteiger partial charge in [-0.25, -0.2) is 5.01 Å². The minimum atomic E-state index is 0. The molecule has 0 amide bonds. The highest BCUT2D eigenvalue weighted by molar-refractivity contribution is 5.85. The van der Waals surface area contributed by atoms with Gasteiger partial charge < -0.3 is 28.7 Å². The second kappa shape index (κ2) is 29.4. The van der Waals surface area contributed by atoms with E-state index in [2.05, 4.69) is 0 Å². The Bertz CT molecular complexity index is 78.8. The normalized spacial score (nSPS) is 8.25. The first kappa shape index (κ1) is 25.0. The first-order chi connectivity index (χ1) is 7.14. The van der Waals surface area contributed by atoms with Crippen LogP contribution < -0.4 is 34.5 Å². The third-order valence-electron chi connectivity index (χ3n) is 1.16. The molecule has 0 unspecified atom stereocenters. The Morgan fingerprint density at radius 2 is 1.06 bits per heavy atom. The van der Waals surface area contributed by atoms with Gasteiger partial charge in [0.05, 0.1) is 0 Å². The van der Waals surface area contributed by atoms with Crippen molar-refractivity contribution >= 4 is 12.4 Å². The molecule has 0 heterocycles. The van der Waals surface area contributed by atoms with Crippen molar-refractivity contribution in [3.63, 3.8) is 0 Å². The van der Waals surface area contributed by atoms with Crippen LogP contribution in [-0.2, 0) is 0 Å². The summed E-state index contributed by atoms with van der Waals surface area (Å²) in [5, 5.41) is 1.68. The molecule has 0 aromatic carbocycles. The highest BCUT2D eigenvalue weighted by Crippen LogP contribution is 1.68. The smallest absolute Gasteiger partial charge is 0.0251 e. The SMILES string of the molecule is CCN(N)CCN.Cl.NCCN.NCCN. The van der Waals surface area contributed by atoms with Crippen molar-refractivity contribution in [1.82, 2.24) is 5.01 Å². The zero-order valence-electron chi connectivity index (χ0n) is 10.3. The van der Waals surface area contributed by atoms with Crippen LogP contribution in [-0.4, -0.2) is 50.8 Å². The van der Waals surface area contributed by atoms with Gasteiger partial charge in [0.15, 0.2) is 0 Å². The maximum atomic E-state index is 5.34. The third kappa shape index (κ3) is 48.3. The predicted octanol–water partition coefficient (Wildman–Crippen LogP) is -2.63. The molecule has 16 heavy (non-hydrogen) atoms. The fourth-order valence-electron chi connectivity index (χ4n) is 0.324. The minimum absolute atomic E-state index is 0. The van der Waals surface area contributed by atoms with Gasteiger partial charge in [0.25, 0.3) is 0 Å². The highest BCUT2D eigenvalue weighted by atomic mass is 35.5. The van der Waals surface area contributed by atoms with Crippen LogP contribution >= 0.6 is 12.4 Å². The van der Waals surface area contributed by atoms with Crippen LogP contribution in [0.3, 0.4) is 0 Å². The van der Waals surface area contributed by atoms with Gasteiger partial charge in [0.1, 0.15) is 0 Å². The maximum Gasteiger partial charge on any atom is 0.0251 e. The monoisotopic (exact) mass is 259 g/mol. The van der Waals surface area contributed by atoms with E-state index in [4.69, 9.17) is 34.5 Å². The van der Waals surface area contributed by atoms with Gasteiger partial charge in [-0.3, -0.25) is 5.84 Å². The van der Waals surface area contributed by atoms with E-state index in [1.807, 2.05) is 6.92 Å². The van der Waals surface area contributed by atoms with Crippen LogP contribution in [0.2, 0.25) is 0 Å². The predicted molar refractivity (Wildman–Crippen MR) is 74.0 cm³/mol. The number of hydrazine groups is 1. The van der Waals surface area contributed by atoms with Crippen LogP contribution in [0.15, 0.2) is 0 Å². The number of hydrogen-bond donors (Lipinski definition) is 6. The molecule has 0 saturated heterocycles. The van der Waals surface area contributed by atoms with E-state index in [1.54, 1.807) is 5.01 Å². The fourth-order valence-corrected chi connectivity index (χ4v) is 0.324. The first-order valence-electron chi connectivity index (χ1n) is 5.14. The van der Waals surface area contributed by atoms with Crippen LogP contribution in [0.4, 0.5) is 0 Å². The summed E-state index contributed by atoms with van der Waals surface area (Å²) in [6, 6.07) is 0. The van der Waals surface area contributed by atoms with Gasteiger partial charge in [0, 0.05) is 45.8 Å². The summed E-state index contributed by atoms with van der Waals surface area (Å²) in [5.41, 5.74) is 24.8. The summed E-state index contributed by atoms with van der Waals surface area (Å²) in [7, 11) is 0. The highest BCUT2D eigenvalue weighted by Gasteiger charge is 1.87. The number of rotatable bonds is 5. The summed E-state index contributed by atoms with van der Waals surface area (Å²) in [4.78, 5) is 0. The summed E-state index contributed by atoms with van der Waals surface area (Å²) >= 11 is 0. The standard InChI is InChI=1S/C4H13N3.2C2H8N2.ClH/c1-2-7(6)4-3-5;2*3-1-2-4;/h2-6H2,1H3;2*1-4H2;1H. The molecule has 0 radical (unpaired) electrons. The Kier molecular flexibility index (Phi) is 46.0. The van der Waals surface area contributed by atoms with Gasteiger partial charge in [0.2, 0.25) is 0 Å². The molecule has 0 aliphatic carbocycles. The maximum absolute atomic E-state index is 5.34. The van der Waals surface area contributed by atoms with Gasteiger partial charge in [-0.1, -0.05) is 6.92 Å². The van der Waals surface area contributed by atoms with Crippen LogP contribution in [0.25, 0.3) is 0 Å². The van der Waals surface area contributed by atoms with E-state index in [1.165, 1.54) is 0 Å². The molecule has 104 valence electrons. The van der Waals surface area contributed by atoms with Gasteiger partial charge in [-0.15, -0.1) is 12.4 Å². The summed E-state index contributed by atoms with van der Waals surface area (Å²) in [5.74, 6) is 5.34. The number of nitrogens with zero attached hydrogens (tertiary/aromatic N) is 1. The number of likely N-dealkylation sites (N-methyl/N-ethyl adjacent to an activating group) is 1. The topological polar surface area (TPSA) is 159 Å². The van der Waals surface area contributed by atoms with Gasteiger partial charge in [-0.2, -0.15) is 0 Å². The first-order valence-corrected chi connectivity index (χ1v) is 5.14. The lowest BCUT2D eigenvalue weighted by atomic mass is 10.6. The van der Waals surface area contributed by atoms with E-state index in [0.717, 1.165) is 13.1 Å². The van der Waals surface area contributed by atoms with E-state index in [0.29, 0.717) is 32.7 Å². The molecular formula is C8H30ClN7. The molecule has 0 aromatic rings. The van der Waals surface area contributed by atoms with Crippen molar-refractivity contribution in [2.24, 2.45) is 34.5 Å². The summed E-state index contributed by atoms with van der Waals surface area (Å²) in [6.07, 6.45) is 0. The second-order valence-corrected chi connectivity index (χ2v) is 2.57. The van der Waals surface area contributed by atoms with E-state index in [-0.39, 0.29) is 12.4 Å². The molecule has 0 fully saturated rings. The van der Waals surface area contributed by atoms with Crippen molar-refractivity contribution < 1.29 is 0 Å². The lowest BCUT2D eigenvalue weighted by molar-refractivity contribution is 0.308. The minimum Gasteiger partial charge on any atom is -0.329 e. The number of nitrogens with two attached hydrogens (primary N) is 6. The molecule has 0 atom stereocenters. The van der Waals surface area contributed by atoms with Crippen LogP contribution in [0, 0.1) is 0 Å². The largest absolute Gasteiger partial charge is 0.329 e. The molecule has 0 rings (SSSR count). The van der Waals surface area contributed by atoms with Gasteiger partial charge in [-0.05, 0) is 0 Å². The summed E-state index contributed by atoms with van der Waals surface area (Å²) < 4.78 is 0.